The quantitative estimate of drug-likeness (QED) is 0.516. The Morgan fingerprint density at radius 1 is 1.12 bits per heavy atom. The van der Waals surface area contributed by atoms with E-state index in [4.69, 9.17) is 9.47 Å². The molecule has 0 aliphatic carbocycles. The lowest BCUT2D eigenvalue weighted by Gasteiger charge is -2.25. The first kappa shape index (κ1) is 22.7. The largest absolute Gasteiger partial charge is 0.486 e. The van der Waals surface area contributed by atoms with Crippen LogP contribution < -0.4 is 19.1 Å². The summed E-state index contributed by atoms with van der Waals surface area (Å²) >= 11 is 0. The van der Waals surface area contributed by atoms with Gasteiger partial charge in [-0.2, -0.15) is 0 Å². The van der Waals surface area contributed by atoms with E-state index in [0.717, 1.165) is 17.5 Å². The lowest BCUT2D eigenvalue weighted by Crippen LogP contribution is -2.32. The van der Waals surface area contributed by atoms with Crippen LogP contribution in [0.2, 0.25) is 0 Å². The van der Waals surface area contributed by atoms with Gasteiger partial charge >= 0.3 is 0 Å². The molecule has 0 fully saturated rings. The summed E-state index contributed by atoms with van der Waals surface area (Å²) < 4.78 is 38.9. The van der Waals surface area contributed by atoms with Gasteiger partial charge in [0.1, 0.15) is 13.2 Å². The number of benzene rings is 2. The first-order valence-corrected chi connectivity index (χ1v) is 12.5. The first-order chi connectivity index (χ1) is 15.9. The minimum Gasteiger partial charge on any atom is -0.486 e. The monoisotopic (exact) mass is 470 g/mol. The lowest BCUT2D eigenvalue weighted by atomic mass is 10.2. The molecular formula is C23H26N4O5S. The number of carbonyl (C=O) groups is 1. The van der Waals surface area contributed by atoms with Crippen molar-refractivity contribution >= 4 is 21.6 Å². The molecule has 10 heteroatoms. The van der Waals surface area contributed by atoms with E-state index < -0.39 is 10.0 Å². The molecule has 9 nitrogen and oxygen atoms in total. The second-order valence-electron chi connectivity index (χ2n) is 7.68. The van der Waals surface area contributed by atoms with Crippen LogP contribution in [-0.2, 0) is 21.4 Å². The lowest BCUT2D eigenvalue weighted by molar-refractivity contribution is -0.121. The van der Waals surface area contributed by atoms with E-state index in [2.05, 4.69) is 10.3 Å². The van der Waals surface area contributed by atoms with Crippen LogP contribution >= 0.6 is 0 Å². The maximum absolute atomic E-state index is 12.3. The highest BCUT2D eigenvalue weighted by molar-refractivity contribution is 7.92. The van der Waals surface area contributed by atoms with Crippen LogP contribution in [0.4, 0.5) is 5.69 Å². The molecule has 1 aliphatic rings. The van der Waals surface area contributed by atoms with E-state index in [1.54, 1.807) is 30.7 Å². The van der Waals surface area contributed by atoms with Crippen molar-refractivity contribution < 1.29 is 22.7 Å². The molecule has 2 heterocycles. The molecule has 0 unspecified atom stereocenters. The number of rotatable bonds is 9. The van der Waals surface area contributed by atoms with Gasteiger partial charge < -0.3 is 19.4 Å². The molecular weight excluding hydrogens is 444 g/mol. The Hall–Kier alpha value is -3.53. The number of ether oxygens (including phenoxy) is 2. The second kappa shape index (κ2) is 9.95. The van der Waals surface area contributed by atoms with Gasteiger partial charge in [0, 0.05) is 43.7 Å². The third-order valence-corrected chi connectivity index (χ3v) is 6.40. The van der Waals surface area contributed by atoms with E-state index in [0.29, 0.717) is 43.4 Å². The van der Waals surface area contributed by atoms with Crippen molar-refractivity contribution in [2.24, 2.45) is 0 Å². The highest BCUT2D eigenvalue weighted by Crippen LogP contribution is 2.34. The van der Waals surface area contributed by atoms with Crippen LogP contribution in [-0.4, -0.2) is 49.9 Å². The SMILES string of the molecule is CS(=O)(=O)N(CCCC(=O)NCc1ccc(-n2ccnc2)cc1)c1ccc2c(c1)OCCO2. The summed E-state index contributed by atoms with van der Waals surface area (Å²) in [5.74, 6) is 0.976. The zero-order valence-electron chi connectivity index (χ0n) is 18.3. The highest BCUT2D eigenvalue weighted by atomic mass is 32.2. The summed E-state index contributed by atoms with van der Waals surface area (Å²) in [5.41, 5.74) is 2.45. The molecule has 4 rings (SSSR count). The Morgan fingerprint density at radius 2 is 1.88 bits per heavy atom. The predicted octanol–water partition coefficient (Wildman–Crippen LogP) is 2.51. The maximum Gasteiger partial charge on any atom is 0.232 e. The molecule has 0 atom stereocenters. The van der Waals surface area contributed by atoms with Gasteiger partial charge in [0.25, 0.3) is 0 Å². The number of imidazole rings is 1. The van der Waals surface area contributed by atoms with Crippen molar-refractivity contribution in [1.82, 2.24) is 14.9 Å². The summed E-state index contributed by atoms with van der Waals surface area (Å²) in [7, 11) is -3.52. The summed E-state index contributed by atoms with van der Waals surface area (Å²) in [6.45, 7) is 1.47. The molecule has 3 aromatic rings. The van der Waals surface area contributed by atoms with Crippen LogP contribution in [0.25, 0.3) is 5.69 Å². The number of amides is 1. The molecule has 1 aromatic heterocycles. The molecule has 0 saturated carbocycles. The maximum atomic E-state index is 12.3. The summed E-state index contributed by atoms with van der Waals surface area (Å²) in [6.07, 6.45) is 7.05. The number of hydrogen-bond donors (Lipinski definition) is 1. The zero-order valence-corrected chi connectivity index (χ0v) is 19.1. The molecule has 1 aliphatic heterocycles. The predicted molar refractivity (Wildman–Crippen MR) is 124 cm³/mol. The number of nitrogens with zero attached hydrogens (tertiary/aromatic N) is 3. The van der Waals surface area contributed by atoms with E-state index in [1.165, 1.54) is 4.31 Å². The van der Waals surface area contributed by atoms with Gasteiger partial charge in [-0.3, -0.25) is 9.10 Å². The first-order valence-electron chi connectivity index (χ1n) is 10.6. The van der Waals surface area contributed by atoms with E-state index in [-0.39, 0.29) is 18.9 Å². The minimum atomic E-state index is -3.52. The average Bonchev–Trinajstić information content (AvgIpc) is 3.35. The van der Waals surface area contributed by atoms with Gasteiger partial charge in [0.2, 0.25) is 15.9 Å². The molecule has 33 heavy (non-hydrogen) atoms. The van der Waals surface area contributed by atoms with Gasteiger partial charge in [-0.05, 0) is 36.2 Å². The molecule has 1 amide bonds. The third kappa shape index (κ3) is 5.83. The number of fused-ring (bicyclic) bond motifs is 1. The number of carbonyl (C=O) groups excluding carboxylic acids is 1. The standard InChI is InChI=1S/C23H26N4O5S/c1-33(29,30)27(20-8-9-21-22(15-20)32-14-13-31-21)11-2-3-23(28)25-16-18-4-6-19(7-5-18)26-12-10-24-17-26/h4-10,12,15,17H,2-3,11,13-14,16H2,1H3,(H,25,28). The fourth-order valence-corrected chi connectivity index (χ4v) is 4.50. The number of anilines is 1. The van der Waals surface area contributed by atoms with Gasteiger partial charge in [-0.1, -0.05) is 12.1 Å². The van der Waals surface area contributed by atoms with Gasteiger partial charge in [0.15, 0.2) is 11.5 Å². The van der Waals surface area contributed by atoms with Crippen molar-refractivity contribution in [1.29, 1.82) is 0 Å². The van der Waals surface area contributed by atoms with Crippen molar-refractivity contribution in [3.63, 3.8) is 0 Å². The summed E-state index contributed by atoms with van der Waals surface area (Å²) in [6, 6.07) is 12.9. The second-order valence-corrected chi connectivity index (χ2v) is 9.59. The van der Waals surface area contributed by atoms with Crippen molar-refractivity contribution in [2.45, 2.75) is 19.4 Å². The topological polar surface area (TPSA) is 103 Å². The van der Waals surface area contributed by atoms with Crippen molar-refractivity contribution in [2.75, 3.05) is 30.3 Å². The normalized spacial score (nSPS) is 12.9. The Kier molecular flexibility index (Phi) is 6.83. The molecule has 0 bridgehead atoms. The minimum absolute atomic E-state index is 0.135. The Bertz CT molecular complexity index is 1190. The van der Waals surface area contributed by atoms with Gasteiger partial charge in [-0.25, -0.2) is 13.4 Å². The number of nitrogens with one attached hydrogen (secondary N) is 1. The highest BCUT2D eigenvalue weighted by Gasteiger charge is 2.21. The number of sulfonamides is 1. The smallest absolute Gasteiger partial charge is 0.232 e. The Balaban J connectivity index is 1.29. The molecule has 1 N–H and O–H groups in total. The molecule has 174 valence electrons. The summed E-state index contributed by atoms with van der Waals surface area (Å²) in [4.78, 5) is 16.3. The van der Waals surface area contributed by atoms with E-state index >= 15 is 0 Å². The fourth-order valence-electron chi connectivity index (χ4n) is 3.54. The van der Waals surface area contributed by atoms with Gasteiger partial charge in [0.05, 0.1) is 18.3 Å². The van der Waals surface area contributed by atoms with Gasteiger partial charge in [-0.15, -0.1) is 0 Å². The fraction of sp³-hybridized carbons (Fsp3) is 0.304. The average molecular weight is 471 g/mol. The molecule has 2 aromatic carbocycles. The van der Waals surface area contributed by atoms with Crippen LogP contribution in [0.3, 0.4) is 0 Å². The third-order valence-electron chi connectivity index (χ3n) is 5.21. The van der Waals surface area contributed by atoms with Crippen molar-refractivity contribution in [3.8, 4) is 17.2 Å². The number of hydrogen-bond acceptors (Lipinski definition) is 6. The summed E-state index contributed by atoms with van der Waals surface area (Å²) in [5, 5.41) is 2.88. The van der Waals surface area contributed by atoms with E-state index in [9.17, 15) is 13.2 Å². The van der Waals surface area contributed by atoms with Crippen LogP contribution in [0.5, 0.6) is 11.5 Å². The van der Waals surface area contributed by atoms with E-state index in [1.807, 2.05) is 35.0 Å². The molecule has 0 radical (unpaired) electrons. The Morgan fingerprint density at radius 3 is 2.58 bits per heavy atom. The zero-order chi connectivity index (χ0) is 23.3. The van der Waals surface area contributed by atoms with Crippen LogP contribution in [0.1, 0.15) is 18.4 Å². The molecule has 0 saturated heterocycles. The van der Waals surface area contributed by atoms with Crippen molar-refractivity contribution in [3.05, 3.63) is 66.7 Å². The number of aromatic nitrogens is 2. The Labute approximate surface area is 193 Å². The van der Waals surface area contributed by atoms with Crippen LogP contribution in [0.15, 0.2) is 61.2 Å². The van der Waals surface area contributed by atoms with Crippen LogP contribution in [0, 0.1) is 0 Å². The molecule has 0 spiro atoms.